The molecule has 3 nitrogen and oxygen atoms in total. The molecule has 0 bridgehead atoms. The zero-order chi connectivity index (χ0) is 13.1. The van der Waals surface area contributed by atoms with Crippen LogP contribution < -0.4 is 0 Å². The molecular weight excluding hydrogens is 236 g/mol. The van der Waals surface area contributed by atoms with Crippen LogP contribution in [0.1, 0.15) is 48.5 Å². The smallest absolute Gasteiger partial charge is 0.153 e. The van der Waals surface area contributed by atoms with Gasteiger partial charge in [-0.15, -0.1) is 0 Å². The Morgan fingerprint density at radius 2 is 1.84 bits per heavy atom. The fourth-order valence-electron chi connectivity index (χ4n) is 2.85. The molecule has 3 rings (SSSR count). The molecule has 1 aliphatic rings. The second-order valence-electron chi connectivity index (χ2n) is 5.19. The average molecular weight is 254 g/mol. The molecule has 1 aromatic heterocycles. The Bertz CT molecular complexity index is 553. The van der Waals surface area contributed by atoms with Gasteiger partial charge in [0.15, 0.2) is 6.29 Å². The van der Waals surface area contributed by atoms with Crippen LogP contribution in [-0.4, -0.2) is 16.1 Å². The summed E-state index contributed by atoms with van der Waals surface area (Å²) >= 11 is 0. The first kappa shape index (κ1) is 12.2. The van der Waals surface area contributed by atoms with Gasteiger partial charge in [-0.2, -0.15) is 5.10 Å². The number of hydrogen-bond donors (Lipinski definition) is 0. The van der Waals surface area contributed by atoms with Crippen LogP contribution in [0, 0.1) is 0 Å². The second kappa shape index (κ2) is 5.39. The van der Waals surface area contributed by atoms with Crippen LogP contribution in [0.2, 0.25) is 0 Å². The van der Waals surface area contributed by atoms with E-state index in [1.54, 1.807) is 0 Å². The van der Waals surface area contributed by atoms with Crippen LogP contribution in [0.3, 0.4) is 0 Å². The van der Waals surface area contributed by atoms with Gasteiger partial charge in [-0.25, -0.2) is 0 Å². The number of hydrogen-bond acceptors (Lipinski definition) is 2. The molecule has 0 aliphatic heterocycles. The van der Waals surface area contributed by atoms with E-state index in [2.05, 4.69) is 5.10 Å². The summed E-state index contributed by atoms with van der Waals surface area (Å²) in [4.78, 5) is 11.2. The van der Waals surface area contributed by atoms with E-state index in [0.29, 0.717) is 11.6 Å². The van der Waals surface area contributed by atoms with E-state index in [0.717, 1.165) is 17.5 Å². The van der Waals surface area contributed by atoms with E-state index in [9.17, 15) is 4.79 Å². The maximum atomic E-state index is 11.2. The number of aromatic nitrogens is 2. The molecule has 0 spiro atoms. The number of carbonyl (C=O) groups is 1. The van der Waals surface area contributed by atoms with Crippen molar-refractivity contribution in [2.45, 2.75) is 38.1 Å². The normalized spacial score (nSPS) is 16.4. The summed E-state index contributed by atoms with van der Waals surface area (Å²) in [5.41, 5.74) is 2.51. The van der Waals surface area contributed by atoms with Gasteiger partial charge in [-0.1, -0.05) is 49.6 Å². The van der Waals surface area contributed by atoms with Crippen molar-refractivity contribution in [3.05, 3.63) is 42.1 Å². The highest BCUT2D eigenvalue weighted by Gasteiger charge is 2.19. The number of rotatable bonds is 3. The third-order valence-electron chi connectivity index (χ3n) is 3.88. The zero-order valence-corrected chi connectivity index (χ0v) is 11.0. The van der Waals surface area contributed by atoms with Crippen LogP contribution >= 0.6 is 0 Å². The Morgan fingerprint density at radius 1 is 1.11 bits per heavy atom. The minimum Gasteiger partial charge on any atom is -0.298 e. The van der Waals surface area contributed by atoms with Crippen molar-refractivity contribution in [3.63, 3.8) is 0 Å². The monoisotopic (exact) mass is 254 g/mol. The Morgan fingerprint density at radius 3 is 2.53 bits per heavy atom. The van der Waals surface area contributed by atoms with Crippen LogP contribution in [0.4, 0.5) is 0 Å². The second-order valence-corrected chi connectivity index (χ2v) is 5.19. The van der Waals surface area contributed by atoms with Gasteiger partial charge in [0.1, 0.15) is 5.69 Å². The fraction of sp³-hybridized carbons (Fsp3) is 0.375. The predicted molar refractivity (Wildman–Crippen MR) is 75.2 cm³/mol. The lowest BCUT2D eigenvalue weighted by Crippen LogP contribution is -2.13. The molecule has 98 valence electrons. The average Bonchev–Trinajstić information content (AvgIpc) is 2.93. The molecule has 1 aliphatic carbocycles. The Kier molecular flexibility index (Phi) is 3.45. The molecule has 3 heteroatoms. The fourth-order valence-corrected chi connectivity index (χ4v) is 2.85. The molecule has 1 heterocycles. The summed E-state index contributed by atoms with van der Waals surface area (Å²) in [6.45, 7) is 0. The van der Waals surface area contributed by atoms with Crippen LogP contribution in [-0.2, 0) is 0 Å². The van der Waals surface area contributed by atoms with E-state index in [-0.39, 0.29) is 0 Å². The molecule has 0 saturated heterocycles. The van der Waals surface area contributed by atoms with Gasteiger partial charge < -0.3 is 0 Å². The summed E-state index contributed by atoms with van der Waals surface area (Å²) in [7, 11) is 0. The van der Waals surface area contributed by atoms with Crippen molar-refractivity contribution in [3.8, 4) is 11.3 Å². The molecule has 2 aromatic rings. The summed E-state index contributed by atoms with van der Waals surface area (Å²) in [6.07, 6.45) is 9.02. The molecular formula is C16H18N2O. The van der Waals surface area contributed by atoms with Crippen molar-refractivity contribution in [2.24, 2.45) is 0 Å². The van der Waals surface area contributed by atoms with Gasteiger partial charge in [-0.05, 0) is 12.8 Å². The third kappa shape index (κ3) is 2.46. The van der Waals surface area contributed by atoms with Crippen molar-refractivity contribution >= 4 is 6.29 Å². The van der Waals surface area contributed by atoms with E-state index >= 15 is 0 Å². The Hall–Kier alpha value is -1.90. The number of nitrogens with zero attached hydrogens (tertiary/aromatic N) is 2. The first-order valence-corrected chi connectivity index (χ1v) is 6.98. The maximum Gasteiger partial charge on any atom is 0.153 e. The molecule has 0 radical (unpaired) electrons. The lowest BCUT2D eigenvalue weighted by molar-refractivity contribution is 0.112. The summed E-state index contributed by atoms with van der Waals surface area (Å²) in [6, 6.07) is 10.4. The van der Waals surface area contributed by atoms with E-state index in [4.69, 9.17) is 0 Å². The summed E-state index contributed by atoms with van der Waals surface area (Å²) < 4.78 is 2.01. The first-order chi connectivity index (χ1) is 9.38. The Balaban J connectivity index is 1.96. The minimum absolute atomic E-state index is 0.463. The van der Waals surface area contributed by atoms with Crippen molar-refractivity contribution in [1.29, 1.82) is 0 Å². The first-order valence-electron chi connectivity index (χ1n) is 6.98. The van der Waals surface area contributed by atoms with Gasteiger partial charge in [0.25, 0.3) is 0 Å². The van der Waals surface area contributed by atoms with Crippen LogP contribution in [0.5, 0.6) is 0 Å². The summed E-state index contributed by atoms with van der Waals surface area (Å²) in [5.74, 6) is 0. The molecule has 19 heavy (non-hydrogen) atoms. The lowest BCUT2D eigenvalue weighted by Gasteiger charge is -2.21. The highest BCUT2D eigenvalue weighted by molar-refractivity contribution is 5.85. The quantitative estimate of drug-likeness (QED) is 0.779. The van der Waals surface area contributed by atoms with Gasteiger partial charge in [0.2, 0.25) is 0 Å². The highest BCUT2D eigenvalue weighted by atomic mass is 16.1. The highest BCUT2D eigenvalue weighted by Crippen LogP contribution is 2.30. The van der Waals surface area contributed by atoms with E-state index in [1.807, 2.05) is 41.2 Å². The molecule has 0 atom stereocenters. The third-order valence-corrected chi connectivity index (χ3v) is 3.88. The number of carbonyl (C=O) groups excluding carboxylic acids is 1. The van der Waals surface area contributed by atoms with Gasteiger partial charge in [0.05, 0.1) is 11.6 Å². The van der Waals surface area contributed by atoms with Gasteiger partial charge >= 0.3 is 0 Å². The van der Waals surface area contributed by atoms with Gasteiger partial charge in [-0.3, -0.25) is 9.48 Å². The SMILES string of the molecule is O=Cc1cn(C2CCCCC2)nc1-c1ccccc1. The molecule has 1 fully saturated rings. The lowest BCUT2D eigenvalue weighted by atomic mass is 9.96. The zero-order valence-electron chi connectivity index (χ0n) is 11.0. The van der Waals surface area contributed by atoms with Crippen molar-refractivity contribution < 1.29 is 4.79 Å². The minimum atomic E-state index is 0.463. The topological polar surface area (TPSA) is 34.9 Å². The molecule has 0 amide bonds. The predicted octanol–water partition coefficient (Wildman–Crippen LogP) is 3.87. The summed E-state index contributed by atoms with van der Waals surface area (Å²) in [5, 5.41) is 4.66. The maximum absolute atomic E-state index is 11.2. The van der Waals surface area contributed by atoms with Crippen molar-refractivity contribution in [1.82, 2.24) is 9.78 Å². The largest absolute Gasteiger partial charge is 0.298 e. The van der Waals surface area contributed by atoms with Crippen LogP contribution in [0.25, 0.3) is 11.3 Å². The van der Waals surface area contributed by atoms with Gasteiger partial charge in [0, 0.05) is 11.8 Å². The number of aldehydes is 1. The molecule has 0 unspecified atom stereocenters. The Labute approximate surface area is 113 Å². The van der Waals surface area contributed by atoms with Crippen molar-refractivity contribution in [2.75, 3.05) is 0 Å². The van der Waals surface area contributed by atoms with E-state index < -0.39 is 0 Å². The molecule has 0 N–H and O–H groups in total. The number of benzene rings is 1. The molecule has 1 aromatic carbocycles. The standard InChI is InChI=1S/C16H18N2O/c19-12-14-11-18(15-9-5-2-6-10-15)17-16(14)13-7-3-1-4-8-13/h1,3-4,7-8,11-12,15H,2,5-6,9-10H2. The van der Waals surface area contributed by atoms with E-state index in [1.165, 1.54) is 32.1 Å². The van der Waals surface area contributed by atoms with Crippen LogP contribution in [0.15, 0.2) is 36.5 Å². The molecule has 1 saturated carbocycles.